The van der Waals surface area contributed by atoms with Crippen molar-refractivity contribution in [2.24, 2.45) is 0 Å². The average molecular weight is 439 g/mol. The molecule has 0 saturated carbocycles. The van der Waals surface area contributed by atoms with Gasteiger partial charge in [0.15, 0.2) is 17.3 Å². The highest BCUT2D eigenvalue weighted by molar-refractivity contribution is 6.02. The number of hydrogen-bond acceptors (Lipinski definition) is 7. The van der Waals surface area contributed by atoms with Crippen LogP contribution in [0.3, 0.4) is 0 Å². The molecule has 1 atom stereocenters. The minimum atomic E-state index is -0.530. The normalized spacial score (nSPS) is 15.6. The summed E-state index contributed by atoms with van der Waals surface area (Å²) in [6.45, 7) is 0.816. The number of ether oxygens (including phenoxy) is 3. The van der Waals surface area contributed by atoms with Gasteiger partial charge in [-0.25, -0.2) is 9.78 Å². The molecule has 1 aliphatic rings. The van der Waals surface area contributed by atoms with Crippen LogP contribution in [-0.4, -0.2) is 48.3 Å². The second-order valence-electron chi connectivity index (χ2n) is 7.75. The molecule has 2 aromatic heterocycles. The molecule has 9 heteroatoms. The molecule has 0 bridgehead atoms. The van der Waals surface area contributed by atoms with Gasteiger partial charge >= 0.3 is 5.69 Å². The van der Waals surface area contributed by atoms with Crippen molar-refractivity contribution in [3.63, 3.8) is 0 Å². The number of aromatic amines is 1. The summed E-state index contributed by atoms with van der Waals surface area (Å²) in [5, 5.41) is 0.290. The second kappa shape index (κ2) is 8.96. The Morgan fingerprint density at radius 2 is 1.88 bits per heavy atom. The Balaban J connectivity index is 1.82. The third-order valence-corrected chi connectivity index (χ3v) is 5.91. The van der Waals surface area contributed by atoms with E-state index < -0.39 is 11.2 Å². The van der Waals surface area contributed by atoms with E-state index in [1.165, 1.54) is 10.8 Å². The number of pyridine rings is 1. The highest BCUT2D eigenvalue weighted by atomic mass is 16.5. The topological polar surface area (TPSA) is 113 Å². The molecular formula is C23H25N3O6. The molecule has 4 rings (SSSR count). The van der Waals surface area contributed by atoms with Crippen LogP contribution in [-0.2, 0) is 17.7 Å². The molecule has 3 aromatic rings. The number of H-pyrrole nitrogens is 1. The number of hydrogen-bond donors (Lipinski definition) is 1. The lowest BCUT2D eigenvalue weighted by Gasteiger charge is -2.25. The molecule has 0 spiro atoms. The van der Waals surface area contributed by atoms with E-state index in [1.807, 2.05) is 12.1 Å². The first-order valence-electron chi connectivity index (χ1n) is 10.4. The van der Waals surface area contributed by atoms with Crippen LogP contribution in [0, 0.1) is 0 Å². The van der Waals surface area contributed by atoms with E-state index >= 15 is 0 Å². The quantitative estimate of drug-likeness (QED) is 0.561. The van der Waals surface area contributed by atoms with Gasteiger partial charge in [0.05, 0.1) is 19.6 Å². The largest absolute Gasteiger partial charge is 0.493 e. The minimum absolute atomic E-state index is 0.0861. The fraction of sp³-hybridized carbons (Fsp3) is 0.391. The number of nitrogens with one attached hydrogen (secondary N) is 1. The number of methoxy groups -OCH3 is 3. The number of rotatable bonds is 7. The fourth-order valence-corrected chi connectivity index (χ4v) is 4.33. The number of carbonyl (C=O) groups excluding carboxylic acids is 1. The number of aromatic nitrogens is 3. The van der Waals surface area contributed by atoms with Crippen LogP contribution >= 0.6 is 0 Å². The number of benzene rings is 1. The van der Waals surface area contributed by atoms with Gasteiger partial charge in [0, 0.05) is 38.4 Å². The Labute approximate surface area is 184 Å². The number of carbonyl (C=O) groups is 1. The second-order valence-corrected chi connectivity index (χ2v) is 7.75. The smallest absolute Gasteiger partial charge is 0.329 e. The molecule has 2 heterocycles. The SMILES string of the molecule is COCCCn1c(=O)[nH]c(=O)c2c3c(cnc21)C(=O)C[C@H](c1ccc(OC)c(OC)c1)C3. The van der Waals surface area contributed by atoms with E-state index in [4.69, 9.17) is 14.2 Å². The minimum Gasteiger partial charge on any atom is -0.493 e. The van der Waals surface area contributed by atoms with Crippen molar-refractivity contribution in [3.8, 4) is 11.5 Å². The van der Waals surface area contributed by atoms with Crippen molar-refractivity contribution >= 4 is 16.8 Å². The average Bonchev–Trinajstić information content (AvgIpc) is 2.80. The molecule has 0 saturated heterocycles. The lowest BCUT2D eigenvalue weighted by Crippen LogP contribution is -2.33. The van der Waals surface area contributed by atoms with Gasteiger partial charge in [0.25, 0.3) is 5.56 Å². The number of Topliss-reactive ketones (excluding diaryl/α,β-unsaturated/α-hetero) is 1. The summed E-state index contributed by atoms with van der Waals surface area (Å²) in [4.78, 5) is 44.9. The van der Waals surface area contributed by atoms with Crippen molar-refractivity contribution in [1.29, 1.82) is 0 Å². The third kappa shape index (κ3) is 3.80. The number of ketones is 1. The van der Waals surface area contributed by atoms with E-state index in [1.54, 1.807) is 27.4 Å². The maximum absolute atomic E-state index is 13.0. The predicted molar refractivity (Wildman–Crippen MR) is 118 cm³/mol. The van der Waals surface area contributed by atoms with E-state index in [9.17, 15) is 14.4 Å². The first kappa shape index (κ1) is 21.8. The van der Waals surface area contributed by atoms with Crippen LogP contribution < -0.4 is 20.7 Å². The fourth-order valence-electron chi connectivity index (χ4n) is 4.33. The van der Waals surface area contributed by atoms with Crippen LogP contribution in [0.4, 0.5) is 0 Å². The molecule has 1 N–H and O–H groups in total. The van der Waals surface area contributed by atoms with Crippen LogP contribution in [0.2, 0.25) is 0 Å². The van der Waals surface area contributed by atoms with Gasteiger partial charge in [-0.1, -0.05) is 6.07 Å². The summed E-state index contributed by atoms with van der Waals surface area (Å²) in [5.41, 5.74) is 1.20. The summed E-state index contributed by atoms with van der Waals surface area (Å²) in [6, 6.07) is 5.56. The van der Waals surface area contributed by atoms with Gasteiger partial charge in [-0.2, -0.15) is 0 Å². The maximum Gasteiger partial charge on any atom is 0.329 e. The summed E-state index contributed by atoms with van der Waals surface area (Å²) in [7, 11) is 4.71. The molecular weight excluding hydrogens is 414 g/mol. The van der Waals surface area contributed by atoms with Crippen molar-refractivity contribution in [2.45, 2.75) is 31.7 Å². The Hall–Kier alpha value is -3.46. The van der Waals surface area contributed by atoms with Gasteiger partial charge < -0.3 is 14.2 Å². The highest BCUT2D eigenvalue weighted by Gasteiger charge is 2.30. The monoisotopic (exact) mass is 439 g/mol. The van der Waals surface area contributed by atoms with Crippen molar-refractivity contribution in [2.75, 3.05) is 27.9 Å². The standard InChI is InChI=1S/C23H25N3O6/c1-30-8-4-7-26-21-20(22(28)25-23(26)29)15-9-14(10-17(27)16(15)12-24-21)13-5-6-18(31-2)19(11-13)32-3/h5-6,11-12,14H,4,7-10H2,1-3H3,(H,25,28,29)/t14-/m1/s1. The lowest BCUT2D eigenvalue weighted by molar-refractivity contribution is 0.0964. The van der Waals surface area contributed by atoms with Crippen LogP contribution in [0.5, 0.6) is 11.5 Å². The summed E-state index contributed by atoms with van der Waals surface area (Å²) >= 11 is 0. The van der Waals surface area contributed by atoms with E-state index in [0.29, 0.717) is 55.0 Å². The van der Waals surface area contributed by atoms with Crippen LogP contribution in [0.1, 0.15) is 40.2 Å². The molecule has 0 fully saturated rings. The van der Waals surface area contributed by atoms with Gasteiger partial charge in [-0.05, 0) is 42.0 Å². The molecule has 1 aliphatic carbocycles. The zero-order valence-corrected chi connectivity index (χ0v) is 18.3. The molecule has 0 aliphatic heterocycles. The summed E-state index contributed by atoms with van der Waals surface area (Å²) in [5.74, 6) is 0.947. The Kier molecular flexibility index (Phi) is 6.09. The Morgan fingerprint density at radius 1 is 1.09 bits per heavy atom. The van der Waals surface area contributed by atoms with Crippen LogP contribution in [0.15, 0.2) is 34.0 Å². The van der Waals surface area contributed by atoms with E-state index in [2.05, 4.69) is 9.97 Å². The summed E-state index contributed by atoms with van der Waals surface area (Å²) in [6.07, 6.45) is 2.83. The number of aryl methyl sites for hydroxylation is 1. The van der Waals surface area contributed by atoms with Crippen molar-refractivity contribution in [3.05, 3.63) is 61.9 Å². The van der Waals surface area contributed by atoms with E-state index in [0.717, 1.165) is 5.56 Å². The van der Waals surface area contributed by atoms with Gasteiger partial charge in [-0.15, -0.1) is 0 Å². The molecule has 32 heavy (non-hydrogen) atoms. The van der Waals surface area contributed by atoms with Gasteiger partial charge in [0.1, 0.15) is 5.65 Å². The highest BCUT2D eigenvalue weighted by Crippen LogP contribution is 2.38. The van der Waals surface area contributed by atoms with Gasteiger partial charge in [-0.3, -0.25) is 19.1 Å². The van der Waals surface area contributed by atoms with Crippen molar-refractivity contribution in [1.82, 2.24) is 14.5 Å². The Bertz CT molecular complexity index is 1290. The first-order valence-corrected chi connectivity index (χ1v) is 10.4. The third-order valence-electron chi connectivity index (χ3n) is 5.91. The molecule has 1 aromatic carbocycles. The van der Waals surface area contributed by atoms with Gasteiger partial charge in [0.2, 0.25) is 0 Å². The van der Waals surface area contributed by atoms with Crippen molar-refractivity contribution < 1.29 is 19.0 Å². The number of nitrogens with zero attached hydrogens (tertiary/aromatic N) is 2. The Morgan fingerprint density at radius 3 is 2.59 bits per heavy atom. The molecule has 0 unspecified atom stereocenters. The maximum atomic E-state index is 13.0. The van der Waals surface area contributed by atoms with E-state index in [-0.39, 0.29) is 22.7 Å². The van der Waals surface area contributed by atoms with Crippen LogP contribution in [0.25, 0.3) is 11.0 Å². The molecule has 9 nitrogen and oxygen atoms in total. The molecule has 0 radical (unpaired) electrons. The number of fused-ring (bicyclic) bond motifs is 3. The zero-order chi connectivity index (χ0) is 22.8. The zero-order valence-electron chi connectivity index (χ0n) is 18.3. The predicted octanol–water partition coefficient (Wildman–Crippen LogP) is 2.05. The molecule has 168 valence electrons. The summed E-state index contributed by atoms with van der Waals surface area (Å²) < 4.78 is 17.2. The lowest BCUT2D eigenvalue weighted by atomic mass is 9.79. The first-order chi connectivity index (χ1) is 15.5. The molecule has 0 amide bonds.